The van der Waals surface area contributed by atoms with E-state index in [1.165, 1.54) is 0 Å². The van der Waals surface area contributed by atoms with Gasteiger partial charge in [-0.3, -0.25) is 0 Å². The van der Waals surface area contributed by atoms with Crippen molar-refractivity contribution in [3.63, 3.8) is 0 Å². The van der Waals surface area contributed by atoms with Crippen LogP contribution in [-0.4, -0.2) is 17.3 Å². The van der Waals surface area contributed by atoms with Crippen LogP contribution in [0.4, 0.5) is 0 Å². The summed E-state index contributed by atoms with van der Waals surface area (Å²) in [6.07, 6.45) is 0.715. The molecule has 0 radical (unpaired) electrons. The molecule has 0 amide bonds. The smallest absolute Gasteiger partial charge is 0.165 e. The number of ether oxygens (including phenoxy) is 1. The van der Waals surface area contributed by atoms with E-state index in [0.717, 1.165) is 21.5 Å². The molecule has 0 aliphatic heterocycles. The molecule has 1 aromatic carbocycles. The number of rotatable bonds is 3. The Kier molecular flexibility index (Phi) is 3.97. The van der Waals surface area contributed by atoms with Crippen LogP contribution in [0, 0.1) is 0 Å². The molecule has 3 nitrogen and oxygen atoms in total. The van der Waals surface area contributed by atoms with Crippen molar-refractivity contribution in [3.8, 4) is 5.75 Å². The van der Waals surface area contributed by atoms with Crippen LogP contribution in [0.2, 0.25) is 5.15 Å². The van der Waals surface area contributed by atoms with Gasteiger partial charge in [-0.05, 0) is 39.7 Å². The number of benzene rings is 1. The molecule has 0 atom stereocenters. The van der Waals surface area contributed by atoms with Crippen molar-refractivity contribution in [2.24, 2.45) is 0 Å². The molecule has 5 heteroatoms. The summed E-state index contributed by atoms with van der Waals surface area (Å²) >= 11 is 9.11. The van der Waals surface area contributed by atoms with Gasteiger partial charge in [-0.2, -0.15) is 5.10 Å². The van der Waals surface area contributed by atoms with Crippen LogP contribution in [0.3, 0.4) is 0 Å². The second kappa shape index (κ2) is 5.47. The molecule has 1 heterocycles. The third kappa shape index (κ3) is 3.17. The monoisotopic (exact) mass is 312 g/mol. The van der Waals surface area contributed by atoms with E-state index in [9.17, 15) is 0 Å². The van der Waals surface area contributed by atoms with Gasteiger partial charge in [-0.15, -0.1) is 5.10 Å². The van der Waals surface area contributed by atoms with E-state index >= 15 is 0 Å². The van der Waals surface area contributed by atoms with Crippen molar-refractivity contribution in [3.05, 3.63) is 51.2 Å². The lowest BCUT2D eigenvalue weighted by Crippen LogP contribution is -1.95. The lowest BCUT2D eigenvalue weighted by atomic mass is 10.1. The first-order chi connectivity index (χ1) is 8.19. The highest BCUT2D eigenvalue weighted by atomic mass is 79.9. The Morgan fingerprint density at radius 2 is 1.94 bits per heavy atom. The van der Waals surface area contributed by atoms with E-state index in [-0.39, 0.29) is 0 Å². The van der Waals surface area contributed by atoms with Crippen LogP contribution in [0.1, 0.15) is 11.3 Å². The molecule has 0 unspecified atom stereocenters. The molecule has 0 spiro atoms. The number of aromatic nitrogens is 2. The highest BCUT2D eigenvalue weighted by Crippen LogP contribution is 2.20. The van der Waals surface area contributed by atoms with Gasteiger partial charge in [0.05, 0.1) is 17.3 Å². The minimum Gasteiger partial charge on any atom is -0.497 e. The molecule has 0 saturated heterocycles. The molecular weight excluding hydrogens is 304 g/mol. The van der Waals surface area contributed by atoms with Crippen LogP contribution in [0.25, 0.3) is 0 Å². The fourth-order valence-corrected chi connectivity index (χ4v) is 1.87. The average Bonchev–Trinajstić information content (AvgIpc) is 2.35. The second-order valence-corrected chi connectivity index (χ2v) is 4.71. The van der Waals surface area contributed by atoms with Crippen molar-refractivity contribution in [1.29, 1.82) is 0 Å². The van der Waals surface area contributed by atoms with Gasteiger partial charge in [0.2, 0.25) is 0 Å². The molecule has 0 saturated carbocycles. The number of hydrogen-bond donors (Lipinski definition) is 0. The first-order valence-corrected chi connectivity index (χ1v) is 6.16. The van der Waals surface area contributed by atoms with E-state index in [4.69, 9.17) is 16.3 Å². The van der Waals surface area contributed by atoms with Crippen LogP contribution < -0.4 is 4.74 Å². The van der Waals surface area contributed by atoms with Gasteiger partial charge in [-0.25, -0.2) is 0 Å². The van der Waals surface area contributed by atoms with Gasteiger partial charge in [-0.1, -0.05) is 23.7 Å². The predicted octanol–water partition coefficient (Wildman–Crippen LogP) is 3.49. The van der Waals surface area contributed by atoms with E-state index in [1.807, 2.05) is 30.3 Å². The molecule has 0 aliphatic carbocycles. The van der Waals surface area contributed by atoms with E-state index in [2.05, 4.69) is 26.1 Å². The maximum Gasteiger partial charge on any atom is 0.165 e. The minimum absolute atomic E-state index is 0.378. The molecule has 0 bridgehead atoms. The molecule has 0 fully saturated rings. The zero-order valence-corrected chi connectivity index (χ0v) is 11.5. The molecule has 1 aromatic heterocycles. The molecule has 0 aliphatic rings. The fraction of sp³-hybridized carbons (Fsp3) is 0.167. The minimum atomic E-state index is 0.378. The normalized spacial score (nSPS) is 10.3. The van der Waals surface area contributed by atoms with Gasteiger partial charge < -0.3 is 4.74 Å². The third-order valence-corrected chi connectivity index (χ3v) is 3.41. The van der Waals surface area contributed by atoms with Crippen LogP contribution >= 0.6 is 27.5 Å². The van der Waals surface area contributed by atoms with Crippen molar-refractivity contribution in [2.45, 2.75) is 6.42 Å². The summed E-state index contributed by atoms with van der Waals surface area (Å²) < 4.78 is 5.86. The van der Waals surface area contributed by atoms with Gasteiger partial charge in [0.15, 0.2) is 5.15 Å². The molecule has 2 aromatic rings. The summed E-state index contributed by atoms with van der Waals surface area (Å²) in [4.78, 5) is 0. The fourth-order valence-electron chi connectivity index (χ4n) is 1.43. The van der Waals surface area contributed by atoms with Crippen LogP contribution in [-0.2, 0) is 6.42 Å². The number of halogens is 2. The van der Waals surface area contributed by atoms with E-state index in [0.29, 0.717) is 11.6 Å². The topological polar surface area (TPSA) is 35.0 Å². The van der Waals surface area contributed by atoms with Crippen LogP contribution in [0.15, 0.2) is 34.8 Å². The Hall–Kier alpha value is -1.13. The summed E-state index contributed by atoms with van der Waals surface area (Å²) in [7, 11) is 1.65. The van der Waals surface area contributed by atoms with Crippen molar-refractivity contribution in [2.75, 3.05) is 7.11 Å². The SMILES string of the molecule is COc1ccc(Cc2cc(Br)c(Cl)nn2)cc1. The largest absolute Gasteiger partial charge is 0.497 e. The highest BCUT2D eigenvalue weighted by molar-refractivity contribution is 9.10. The first kappa shape index (κ1) is 12.3. The average molecular weight is 314 g/mol. The molecular formula is C12H10BrClN2O. The standard InChI is InChI=1S/C12H10BrClN2O/c1-17-10-4-2-8(3-5-10)6-9-7-11(13)12(14)16-15-9/h2-5,7H,6H2,1H3. The lowest BCUT2D eigenvalue weighted by molar-refractivity contribution is 0.414. The van der Waals surface area contributed by atoms with Gasteiger partial charge in [0.1, 0.15) is 5.75 Å². The highest BCUT2D eigenvalue weighted by Gasteiger charge is 2.03. The zero-order valence-electron chi connectivity index (χ0n) is 9.15. The van der Waals surface area contributed by atoms with Crippen molar-refractivity contribution >= 4 is 27.5 Å². The van der Waals surface area contributed by atoms with Gasteiger partial charge >= 0.3 is 0 Å². The summed E-state index contributed by atoms with van der Waals surface area (Å²) in [5.41, 5.74) is 2.01. The second-order valence-electron chi connectivity index (χ2n) is 3.50. The van der Waals surface area contributed by atoms with Crippen molar-refractivity contribution < 1.29 is 4.74 Å². The summed E-state index contributed by atoms with van der Waals surface area (Å²) in [5.74, 6) is 0.845. The third-order valence-electron chi connectivity index (χ3n) is 2.30. The first-order valence-electron chi connectivity index (χ1n) is 4.99. The Morgan fingerprint density at radius 1 is 1.24 bits per heavy atom. The summed E-state index contributed by atoms with van der Waals surface area (Å²) in [5, 5.41) is 8.26. The summed E-state index contributed by atoms with van der Waals surface area (Å²) in [6, 6.07) is 9.73. The molecule has 0 N–H and O–H groups in total. The number of methoxy groups -OCH3 is 1. The maximum absolute atomic E-state index is 5.79. The lowest BCUT2D eigenvalue weighted by Gasteiger charge is -2.03. The Labute approximate surface area is 113 Å². The quantitative estimate of drug-likeness (QED) is 0.870. The van der Waals surface area contributed by atoms with E-state index < -0.39 is 0 Å². The number of nitrogens with zero attached hydrogens (tertiary/aromatic N) is 2. The molecule has 2 rings (SSSR count). The zero-order chi connectivity index (χ0) is 12.3. The molecule has 88 valence electrons. The Bertz CT molecular complexity index is 516. The van der Waals surface area contributed by atoms with Crippen molar-refractivity contribution in [1.82, 2.24) is 10.2 Å². The van der Waals surface area contributed by atoms with E-state index in [1.54, 1.807) is 7.11 Å². The maximum atomic E-state index is 5.79. The van der Waals surface area contributed by atoms with Crippen LogP contribution in [0.5, 0.6) is 5.75 Å². The van der Waals surface area contributed by atoms with Gasteiger partial charge in [0, 0.05) is 6.42 Å². The Balaban J connectivity index is 2.16. The van der Waals surface area contributed by atoms with Gasteiger partial charge in [0.25, 0.3) is 0 Å². The Morgan fingerprint density at radius 3 is 2.53 bits per heavy atom. The summed E-state index contributed by atoms with van der Waals surface area (Å²) in [6.45, 7) is 0. The number of hydrogen-bond acceptors (Lipinski definition) is 3. The molecule has 17 heavy (non-hydrogen) atoms. The predicted molar refractivity (Wildman–Crippen MR) is 70.5 cm³/mol.